The van der Waals surface area contributed by atoms with Crippen LogP contribution in [0.25, 0.3) is 24.3 Å². The Bertz CT molecular complexity index is 3620. The topological polar surface area (TPSA) is 52.6 Å². The van der Waals surface area contributed by atoms with Crippen molar-refractivity contribution in [3.8, 4) is 11.5 Å². The molecule has 8 aromatic carbocycles. The van der Waals surface area contributed by atoms with Crippen LogP contribution in [-0.2, 0) is 35.3 Å². The SMILES string of the molecule is C=C(C)C(=O)Oc1ccc(C)cc1.C=C/C=C/CCc1ccc(C)cc1.C=C/C=C/CCc1cccc(C)c1.C=C/C=C/c1ccc(C)cc1.C=C/C=C/c1cccc(C)c1.C=CC(=O)Oc1ccc(C)cc1.C=Cc1ccc(CCC)cc1.C=Cc1cccc(CCC)c1. The number of esters is 2. The van der Waals surface area contributed by atoms with Crippen molar-refractivity contribution in [2.75, 3.05) is 0 Å². The lowest BCUT2D eigenvalue weighted by Gasteiger charge is -2.02. The standard InChI is InChI=1S/2C13H16.C11H12O2.2C11H12.2C11H14.C10H10O2/c1-3-4-5-6-9-13-10-7-8-12(2)11-13;1-3-4-5-6-7-13-10-8-12(2)9-11-13;1-8(2)11(12)13-10-6-4-9(3)5-7-10;1-3-4-7-11-8-5-6-10(2)9-11;1-3-4-5-11-8-6-10(2)7-9-11;1-3-6-11-8-5-7-10(4-2)9-11;1-3-5-11-8-6-10(4-2)7-9-11;1-3-10(11)12-9-6-4-8(2)5-7-9/h3-5,7-8,10-11H,1,6,9H2,2H3;3-5,8-11H,1,6-7H2,2H3;4-7H,1H2,2-3H3;2*3-9H,1H2,2H3;4-5,7-9H,2-3,6H2,1H3;4,6-9H,2-3,5H2,1H3;3-7H,1H2,2H3/b2*5-4+;;7-4+;5-4+;;;. The van der Waals surface area contributed by atoms with Gasteiger partial charge < -0.3 is 9.47 Å². The highest BCUT2D eigenvalue weighted by molar-refractivity contribution is 5.88. The van der Waals surface area contributed by atoms with Crippen molar-refractivity contribution in [1.82, 2.24) is 0 Å². The van der Waals surface area contributed by atoms with Gasteiger partial charge in [0, 0.05) is 11.6 Å². The van der Waals surface area contributed by atoms with Crippen molar-refractivity contribution >= 4 is 36.2 Å². The normalized spacial score (nSPS) is 9.91. The third kappa shape index (κ3) is 43.1. The minimum atomic E-state index is -0.432. The summed E-state index contributed by atoms with van der Waals surface area (Å²) in [5, 5.41) is 0. The molecule has 8 aromatic rings. The van der Waals surface area contributed by atoms with Crippen molar-refractivity contribution in [2.24, 2.45) is 0 Å². The van der Waals surface area contributed by atoms with E-state index >= 15 is 0 Å². The Hall–Kier alpha value is -10.4. The first-order chi connectivity index (χ1) is 45.8. The van der Waals surface area contributed by atoms with Crippen LogP contribution >= 0.6 is 0 Å². The van der Waals surface area contributed by atoms with Gasteiger partial charge in [-0.3, -0.25) is 0 Å². The lowest BCUT2D eigenvalue weighted by molar-refractivity contribution is -0.130. The summed E-state index contributed by atoms with van der Waals surface area (Å²) in [6.45, 7) is 47.1. The molecular formula is C91H106O4. The molecule has 0 aliphatic rings. The van der Waals surface area contributed by atoms with Crippen molar-refractivity contribution < 1.29 is 19.1 Å². The van der Waals surface area contributed by atoms with Crippen LogP contribution in [0.1, 0.15) is 124 Å². The summed E-state index contributed by atoms with van der Waals surface area (Å²) in [5.74, 6) is 0.284. The molecule has 4 nitrogen and oxygen atoms in total. The predicted molar refractivity (Wildman–Crippen MR) is 418 cm³/mol. The van der Waals surface area contributed by atoms with Crippen LogP contribution in [0.4, 0.5) is 0 Å². The van der Waals surface area contributed by atoms with Gasteiger partial charge in [0.1, 0.15) is 11.5 Å². The number of rotatable bonds is 22. The fourth-order valence-corrected chi connectivity index (χ4v) is 8.15. The summed E-state index contributed by atoms with van der Waals surface area (Å²) < 4.78 is 9.85. The second-order valence-electron chi connectivity index (χ2n) is 22.2. The average molecular weight is 1260 g/mol. The van der Waals surface area contributed by atoms with Crippen LogP contribution in [0.3, 0.4) is 0 Å². The maximum atomic E-state index is 11.1. The highest BCUT2D eigenvalue weighted by Gasteiger charge is 2.04. The van der Waals surface area contributed by atoms with Gasteiger partial charge in [-0.15, -0.1) is 0 Å². The van der Waals surface area contributed by atoms with E-state index in [0.717, 1.165) is 42.9 Å². The van der Waals surface area contributed by atoms with Gasteiger partial charge in [0.2, 0.25) is 0 Å². The molecule has 0 fully saturated rings. The summed E-state index contributed by atoms with van der Waals surface area (Å²) in [6.07, 6.45) is 37.5. The zero-order chi connectivity index (χ0) is 70.3. The molecule has 8 rings (SSSR count). The Kier molecular flexibility index (Phi) is 46.2. The molecule has 0 spiro atoms. The minimum absolute atomic E-state index is 0.385. The third-order valence-corrected chi connectivity index (χ3v) is 13.4. The van der Waals surface area contributed by atoms with Crippen LogP contribution in [0.15, 0.2) is 319 Å². The molecule has 0 aliphatic carbocycles. The molecule has 0 aliphatic heterocycles. The molecular weight excluding hydrogens is 1160 g/mol. The van der Waals surface area contributed by atoms with Crippen molar-refractivity contribution in [2.45, 2.75) is 114 Å². The molecule has 0 radical (unpaired) electrons. The van der Waals surface area contributed by atoms with Crippen LogP contribution in [0.5, 0.6) is 11.5 Å². The Labute approximate surface area is 574 Å². The van der Waals surface area contributed by atoms with Gasteiger partial charge in [-0.05, 0) is 156 Å². The molecule has 0 amide bonds. The van der Waals surface area contributed by atoms with Crippen LogP contribution in [0.2, 0.25) is 0 Å². The number of carbonyl (C=O) groups excluding carboxylic acids is 2. The molecule has 0 N–H and O–H groups in total. The molecule has 0 aromatic heterocycles. The monoisotopic (exact) mass is 1260 g/mol. The molecule has 4 heteroatoms. The van der Waals surface area contributed by atoms with Crippen LogP contribution in [0, 0.1) is 41.5 Å². The van der Waals surface area contributed by atoms with Crippen LogP contribution in [-0.4, -0.2) is 11.9 Å². The largest absolute Gasteiger partial charge is 0.423 e. The number of hydrogen-bond acceptors (Lipinski definition) is 4. The molecule has 0 atom stereocenters. The van der Waals surface area contributed by atoms with E-state index in [1.54, 1.807) is 43.3 Å². The number of allylic oxidation sites excluding steroid dienone is 10. The van der Waals surface area contributed by atoms with E-state index in [4.69, 9.17) is 9.47 Å². The van der Waals surface area contributed by atoms with Crippen LogP contribution < -0.4 is 9.47 Å². The van der Waals surface area contributed by atoms with Crippen molar-refractivity contribution in [1.29, 1.82) is 0 Å². The molecule has 0 unspecified atom stereocenters. The second kappa shape index (κ2) is 53.1. The number of ether oxygens (including phenoxy) is 2. The van der Waals surface area contributed by atoms with Gasteiger partial charge in [-0.1, -0.05) is 368 Å². The Morgan fingerprint density at radius 2 is 0.747 bits per heavy atom. The summed E-state index contributed by atoms with van der Waals surface area (Å²) in [5.41, 5.74) is 18.4. The Morgan fingerprint density at radius 1 is 0.368 bits per heavy atom. The molecule has 95 heavy (non-hydrogen) atoms. The fourth-order valence-electron chi connectivity index (χ4n) is 8.15. The van der Waals surface area contributed by atoms with Gasteiger partial charge in [0.05, 0.1) is 0 Å². The van der Waals surface area contributed by atoms with E-state index in [1.807, 2.05) is 98.9 Å². The van der Waals surface area contributed by atoms with E-state index in [2.05, 4.69) is 252 Å². The summed E-state index contributed by atoms with van der Waals surface area (Å²) in [4.78, 5) is 21.8. The first-order valence-corrected chi connectivity index (χ1v) is 32.5. The lowest BCUT2D eigenvalue weighted by atomic mass is 10.1. The third-order valence-electron chi connectivity index (χ3n) is 13.4. The summed E-state index contributed by atoms with van der Waals surface area (Å²) >= 11 is 0. The second-order valence-corrected chi connectivity index (χ2v) is 22.2. The summed E-state index contributed by atoms with van der Waals surface area (Å²) in [7, 11) is 0. The smallest absolute Gasteiger partial charge is 0.338 e. The van der Waals surface area contributed by atoms with Crippen molar-refractivity contribution in [3.63, 3.8) is 0 Å². The van der Waals surface area contributed by atoms with Gasteiger partial charge in [0.15, 0.2) is 0 Å². The number of benzene rings is 8. The quantitative estimate of drug-likeness (QED) is 0.0294. The fraction of sp³-hybridized carbons (Fsp3) is 0.187. The van der Waals surface area contributed by atoms with Crippen molar-refractivity contribution in [3.05, 3.63) is 397 Å². The minimum Gasteiger partial charge on any atom is -0.423 e. The molecule has 0 saturated carbocycles. The summed E-state index contributed by atoms with van der Waals surface area (Å²) in [6, 6.07) is 65.7. The Morgan fingerprint density at radius 3 is 1.20 bits per heavy atom. The predicted octanol–water partition coefficient (Wildman–Crippen LogP) is 24.9. The van der Waals surface area contributed by atoms with Gasteiger partial charge in [-0.2, -0.15) is 0 Å². The molecule has 0 heterocycles. The average Bonchev–Trinajstić information content (AvgIpc) is 3.72. The van der Waals surface area contributed by atoms with E-state index < -0.39 is 5.97 Å². The molecule has 0 bridgehead atoms. The zero-order valence-corrected chi connectivity index (χ0v) is 58.6. The lowest BCUT2D eigenvalue weighted by Crippen LogP contribution is -2.07. The van der Waals surface area contributed by atoms with Gasteiger partial charge in [-0.25, -0.2) is 9.59 Å². The molecule has 0 saturated heterocycles. The first-order valence-electron chi connectivity index (χ1n) is 32.5. The highest BCUT2D eigenvalue weighted by atomic mass is 16.5. The Balaban J connectivity index is 0.000000543. The van der Waals surface area contributed by atoms with Gasteiger partial charge >= 0.3 is 11.9 Å². The number of hydrogen-bond donors (Lipinski definition) is 0. The van der Waals surface area contributed by atoms with E-state index in [-0.39, 0.29) is 5.97 Å². The highest BCUT2D eigenvalue weighted by Crippen LogP contribution is 2.15. The molecule has 494 valence electrons. The maximum absolute atomic E-state index is 11.1. The first kappa shape index (κ1) is 82.6. The van der Waals surface area contributed by atoms with Gasteiger partial charge in [0.25, 0.3) is 0 Å². The number of carbonyl (C=O) groups is 2. The van der Waals surface area contributed by atoms with E-state index in [0.29, 0.717) is 17.1 Å². The maximum Gasteiger partial charge on any atom is 0.338 e. The van der Waals surface area contributed by atoms with E-state index in [9.17, 15) is 9.59 Å². The zero-order valence-electron chi connectivity index (χ0n) is 58.6. The number of aryl methyl sites for hydroxylation is 10. The van der Waals surface area contributed by atoms with E-state index in [1.165, 1.54) is 92.4 Å².